The Hall–Kier alpha value is 0.567. The molecule has 1 atom stereocenters. The summed E-state index contributed by atoms with van der Waals surface area (Å²) < 4.78 is 0. The van der Waals surface area contributed by atoms with Crippen LogP contribution in [0.3, 0.4) is 0 Å². The first-order chi connectivity index (χ1) is 6.49. The predicted octanol–water partition coefficient (Wildman–Crippen LogP) is 4.84. The molecule has 86 valence electrons. The Morgan fingerprint density at radius 1 is 1.07 bits per heavy atom. The monoisotopic (exact) mass is 232 g/mol. The van der Waals surface area contributed by atoms with Crippen LogP contribution in [0, 0.1) is 5.92 Å². The van der Waals surface area contributed by atoms with Gasteiger partial charge in [-0.1, -0.05) is 58.3 Å². The molecule has 14 heavy (non-hydrogen) atoms. The zero-order valence-corrected chi connectivity index (χ0v) is 12.4. The summed E-state index contributed by atoms with van der Waals surface area (Å²) in [5.41, 5.74) is 0. The number of hydrogen-bond acceptors (Lipinski definition) is 1. The maximum atomic E-state index is 4.24. The van der Waals surface area contributed by atoms with Crippen LogP contribution in [0.5, 0.6) is 0 Å². The van der Waals surface area contributed by atoms with Gasteiger partial charge in [-0.25, -0.2) is 0 Å². The largest absolute Gasteiger partial charge is 0.179 e. The average molecular weight is 233 g/mol. The van der Waals surface area contributed by atoms with Crippen LogP contribution in [0.15, 0.2) is 0 Å². The predicted molar refractivity (Wildman–Crippen MR) is 74.3 cm³/mol. The maximum Gasteiger partial charge on any atom is 0.0445 e. The van der Waals surface area contributed by atoms with Crippen LogP contribution in [0.4, 0.5) is 0 Å². The Balaban J connectivity index is 3.58. The summed E-state index contributed by atoms with van der Waals surface area (Å²) in [6.07, 6.45) is 6.93. The quantitative estimate of drug-likeness (QED) is 0.345. The van der Waals surface area contributed by atoms with Crippen molar-refractivity contribution in [3.05, 3.63) is 0 Å². The van der Waals surface area contributed by atoms with Gasteiger partial charge in [-0.2, -0.15) is 12.6 Å². The van der Waals surface area contributed by atoms with Crippen molar-refractivity contribution in [3.63, 3.8) is 0 Å². The standard InChI is InChI=1S/C12H28SSi/c1-5-12(11-14(2,3)4)9-7-6-8-10-13/h12-13H,5-11H2,1-4H3. The Morgan fingerprint density at radius 3 is 2.14 bits per heavy atom. The molecule has 0 aliphatic rings. The van der Waals surface area contributed by atoms with Crippen LogP contribution in [-0.2, 0) is 0 Å². The first-order valence-electron chi connectivity index (χ1n) is 6.10. The maximum absolute atomic E-state index is 4.24. The normalized spacial score (nSPS) is 14.4. The van der Waals surface area contributed by atoms with E-state index in [2.05, 4.69) is 39.2 Å². The molecule has 0 fully saturated rings. The highest BCUT2D eigenvalue weighted by atomic mass is 32.1. The van der Waals surface area contributed by atoms with E-state index in [1.807, 2.05) is 0 Å². The van der Waals surface area contributed by atoms with Crippen molar-refractivity contribution in [2.75, 3.05) is 5.75 Å². The van der Waals surface area contributed by atoms with Gasteiger partial charge >= 0.3 is 0 Å². The number of unbranched alkanes of at least 4 members (excludes halogenated alkanes) is 2. The molecular weight excluding hydrogens is 204 g/mol. The Morgan fingerprint density at radius 2 is 1.71 bits per heavy atom. The lowest BCUT2D eigenvalue weighted by Crippen LogP contribution is -2.23. The molecule has 0 aromatic heterocycles. The molecule has 1 unspecified atom stereocenters. The van der Waals surface area contributed by atoms with Crippen molar-refractivity contribution >= 4 is 20.7 Å². The second-order valence-electron chi connectivity index (χ2n) is 5.61. The molecule has 0 nitrogen and oxygen atoms in total. The zero-order valence-electron chi connectivity index (χ0n) is 10.5. The van der Waals surface area contributed by atoms with Gasteiger partial charge in [-0.05, 0) is 18.1 Å². The Kier molecular flexibility index (Phi) is 8.12. The fraction of sp³-hybridized carbons (Fsp3) is 1.00. The molecule has 0 aromatic rings. The molecule has 0 aromatic carbocycles. The smallest absolute Gasteiger partial charge is 0.0445 e. The van der Waals surface area contributed by atoms with Crippen molar-refractivity contribution < 1.29 is 0 Å². The molecule has 0 amide bonds. The lowest BCUT2D eigenvalue weighted by molar-refractivity contribution is 0.478. The minimum Gasteiger partial charge on any atom is -0.179 e. The molecule has 0 spiro atoms. The van der Waals surface area contributed by atoms with Gasteiger partial charge in [0.05, 0.1) is 0 Å². The van der Waals surface area contributed by atoms with E-state index in [1.165, 1.54) is 38.1 Å². The van der Waals surface area contributed by atoms with E-state index in [1.54, 1.807) is 0 Å². The van der Waals surface area contributed by atoms with E-state index < -0.39 is 8.07 Å². The first-order valence-corrected chi connectivity index (χ1v) is 10.4. The van der Waals surface area contributed by atoms with Crippen LogP contribution in [0.1, 0.15) is 39.0 Å². The first kappa shape index (κ1) is 14.6. The topological polar surface area (TPSA) is 0 Å². The van der Waals surface area contributed by atoms with E-state index in [9.17, 15) is 0 Å². The van der Waals surface area contributed by atoms with Gasteiger partial charge in [0.15, 0.2) is 0 Å². The highest BCUT2D eigenvalue weighted by molar-refractivity contribution is 7.80. The highest BCUT2D eigenvalue weighted by Crippen LogP contribution is 2.24. The van der Waals surface area contributed by atoms with E-state index >= 15 is 0 Å². The van der Waals surface area contributed by atoms with Crippen molar-refractivity contribution in [2.24, 2.45) is 5.92 Å². The molecule has 2 heteroatoms. The summed E-state index contributed by atoms with van der Waals surface area (Å²) in [5.74, 6) is 2.06. The summed E-state index contributed by atoms with van der Waals surface area (Å²) in [4.78, 5) is 0. The Labute approximate surface area is 97.3 Å². The lowest BCUT2D eigenvalue weighted by Gasteiger charge is -2.23. The third kappa shape index (κ3) is 9.13. The molecule has 0 bridgehead atoms. The minimum absolute atomic E-state index is 0.825. The van der Waals surface area contributed by atoms with Crippen LogP contribution in [-0.4, -0.2) is 13.8 Å². The molecule has 0 rings (SSSR count). The fourth-order valence-corrected chi connectivity index (χ4v) is 4.49. The van der Waals surface area contributed by atoms with Gasteiger partial charge in [0, 0.05) is 8.07 Å². The zero-order chi connectivity index (χ0) is 11.0. The average Bonchev–Trinajstić information content (AvgIpc) is 2.08. The molecule has 0 aliphatic heterocycles. The lowest BCUT2D eigenvalue weighted by atomic mass is 10.0. The summed E-state index contributed by atoms with van der Waals surface area (Å²) in [5, 5.41) is 0. The second-order valence-corrected chi connectivity index (χ2v) is 11.6. The van der Waals surface area contributed by atoms with Gasteiger partial charge in [0.1, 0.15) is 0 Å². The van der Waals surface area contributed by atoms with Gasteiger partial charge in [0.25, 0.3) is 0 Å². The number of hydrogen-bond donors (Lipinski definition) is 1. The van der Waals surface area contributed by atoms with Crippen molar-refractivity contribution in [1.29, 1.82) is 0 Å². The fourth-order valence-electron chi connectivity index (χ4n) is 2.04. The van der Waals surface area contributed by atoms with Crippen LogP contribution in [0.25, 0.3) is 0 Å². The van der Waals surface area contributed by atoms with E-state index in [-0.39, 0.29) is 0 Å². The minimum atomic E-state index is -0.825. The number of thiol groups is 1. The van der Waals surface area contributed by atoms with Crippen LogP contribution >= 0.6 is 12.6 Å². The van der Waals surface area contributed by atoms with Crippen molar-refractivity contribution in [2.45, 2.75) is 64.7 Å². The molecule has 0 saturated heterocycles. The van der Waals surface area contributed by atoms with Crippen LogP contribution in [0.2, 0.25) is 25.7 Å². The summed E-state index contributed by atoms with van der Waals surface area (Å²) >= 11 is 4.24. The van der Waals surface area contributed by atoms with E-state index in [4.69, 9.17) is 0 Å². The third-order valence-corrected chi connectivity index (χ3v) is 4.87. The third-order valence-electron chi connectivity index (χ3n) is 2.75. The summed E-state index contributed by atoms with van der Waals surface area (Å²) in [6, 6.07) is 1.52. The SMILES string of the molecule is CCC(CCCCCS)C[Si](C)(C)C. The van der Waals surface area contributed by atoms with Crippen LogP contribution < -0.4 is 0 Å². The van der Waals surface area contributed by atoms with E-state index in [0.717, 1.165) is 11.7 Å². The highest BCUT2D eigenvalue weighted by Gasteiger charge is 2.18. The number of rotatable bonds is 8. The van der Waals surface area contributed by atoms with Crippen molar-refractivity contribution in [1.82, 2.24) is 0 Å². The van der Waals surface area contributed by atoms with Gasteiger partial charge in [-0.3, -0.25) is 0 Å². The van der Waals surface area contributed by atoms with Gasteiger partial charge < -0.3 is 0 Å². The molecule has 0 radical (unpaired) electrons. The Bertz CT molecular complexity index is 129. The molecule has 0 saturated carbocycles. The molecule has 0 aliphatic carbocycles. The van der Waals surface area contributed by atoms with E-state index in [0.29, 0.717) is 0 Å². The molecular formula is C12H28SSi. The molecule has 0 N–H and O–H groups in total. The van der Waals surface area contributed by atoms with Crippen molar-refractivity contribution in [3.8, 4) is 0 Å². The second kappa shape index (κ2) is 7.81. The summed E-state index contributed by atoms with van der Waals surface area (Å²) in [6.45, 7) is 9.82. The van der Waals surface area contributed by atoms with Gasteiger partial charge in [-0.15, -0.1) is 0 Å². The molecule has 0 heterocycles. The summed E-state index contributed by atoms with van der Waals surface area (Å²) in [7, 11) is -0.825. The van der Waals surface area contributed by atoms with Gasteiger partial charge in [0.2, 0.25) is 0 Å².